The van der Waals surface area contributed by atoms with Gasteiger partial charge in [0.1, 0.15) is 5.82 Å². The van der Waals surface area contributed by atoms with Crippen molar-refractivity contribution >= 4 is 17.6 Å². The number of hydrogen-bond acceptors (Lipinski definition) is 2. The van der Waals surface area contributed by atoms with Crippen LogP contribution >= 0.6 is 0 Å². The number of aromatic nitrogens is 1. The van der Waals surface area contributed by atoms with Crippen LogP contribution in [0.5, 0.6) is 0 Å². The van der Waals surface area contributed by atoms with Crippen LogP contribution in [0, 0.1) is 5.82 Å². The normalized spacial score (nSPS) is 17.7. The van der Waals surface area contributed by atoms with Crippen LogP contribution in [0.4, 0.5) is 14.9 Å². The number of piperidine rings is 1. The molecule has 1 aliphatic rings. The molecule has 0 spiro atoms. The minimum Gasteiger partial charge on any atom is -0.344 e. The van der Waals surface area contributed by atoms with Gasteiger partial charge in [-0.25, -0.2) is 9.18 Å². The zero-order valence-corrected chi connectivity index (χ0v) is 13.3. The Morgan fingerprint density at radius 2 is 2.04 bits per heavy atom. The van der Waals surface area contributed by atoms with Gasteiger partial charge in [0.15, 0.2) is 0 Å². The summed E-state index contributed by atoms with van der Waals surface area (Å²) in [5.41, 5.74) is 0.860. The summed E-state index contributed by atoms with van der Waals surface area (Å²) < 4.78 is 15.6. The van der Waals surface area contributed by atoms with E-state index in [-0.39, 0.29) is 23.8 Å². The Balaban J connectivity index is 1.65. The highest BCUT2D eigenvalue weighted by molar-refractivity contribution is 5.90. The van der Waals surface area contributed by atoms with Crippen molar-refractivity contribution in [3.63, 3.8) is 0 Å². The quantitative estimate of drug-likeness (QED) is 0.907. The molecular weight excluding hydrogens is 311 g/mol. The predicted octanol–water partition coefficient (Wildman–Crippen LogP) is 2.36. The van der Waals surface area contributed by atoms with Gasteiger partial charge in [-0.3, -0.25) is 4.79 Å². The predicted molar refractivity (Wildman–Crippen MR) is 88.5 cm³/mol. The first kappa shape index (κ1) is 16.0. The van der Waals surface area contributed by atoms with Crippen molar-refractivity contribution in [2.45, 2.75) is 18.9 Å². The van der Waals surface area contributed by atoms with Gasteiger partial charge in [-0.2, -0.15) is 0 Å². The molecule has 1 aromatic carbocycles. The molecule has 0 saturated carbocycles. The van der Waals surface area contributed by atoms with Crippen LogP contribution in [-0.4, -0.2) is 41.0 Å². The van der Waals surface area contributed by atoms with E-state index in [0.717, 1.165) is 0 Å². The number of carbonyl (C=O) groups excluding carboxylic acids is 2. The van der Waals surface area contributed by atoms with E-state index in [1.807, 2.05) is 0 Å². The summed E-state index contributed by atoms with van der Waals surface area (Å²) in [6, 6.07) is 7.55. The molecule has 2 N–H and O–H groups in total. The van der Waals surface area contributed by atoms with Crippen LogP contribution in [0.25, 0.3) is 5.69 Å². The maximum Gasteiger partial charge on any atom is 0.319 e. The Bertz CT molecular complexity index is 745. The Hall–Kier alpha value is -2.83. The summed E-state index contributed by atoms with van der Waals surface area (Å²) in [4.78, 5) is 25.2. The highest BCUT2D eigenvalue weighted by atomic mass is 19.1. The van der Waals surface area contributed by atoms with Gasteiger partial charge in [0.05, 0.1) is 5.69 Å². The minimum absolute atomic E-state index is 0.0860. The second kappa shape index (κ2) is 6.74. The average Bonchev–Trinajstić information content (AvgIpc) is 3.07. The molecule has 1 aromatic heterocycles. The third-order valence-corrected chi connectivity index (χ3v) is 4.05. The number of nitrogens with one attached hydrogen (secondary N) is 2. The van der Waals surface area contributed by atoms with Crippen molar-refractivity contribution in [1.29, 1.82) is 0 Å². The number of carbonyl (C=O) groups is 2. The fourth-order valence-electron chi connectivity index (χ4n) is 2.77. The second-order valence-corrected chi connectivity index (χ2v) is 5.86. The van der Waals surface area contributed by atoms with E-state index in [4.69, 9.17) is 0 Å². The van der Waals surface area contributed by atoms with E-state index < -0.39 is 0 Å². The number of nitrogens with zero attached hydrogens (tertiary/aromatic N) is 2. The zero-order chi connectivity index (χ0) is 17.1. The van der Waals surface area contributed by atoms with Crippen molar-refractivity contribution in [2.24, 2.45) is 0 Å². The highest BCUT2D eigenvalue weighted by Gasteiger charge is 2.24. The number of likely N-dealkylation sites (N-methyl/N-ethyl adjacent to an activating group) is 1. The summed E-state index contributed by atoms with van der Waals surface area (Å²) in [7, 11) is 1.72. The molecular formula is C17H19FN4O2. The molecule has 0 bridgehead atoms. The van der Waals surface area contributed by atoms with Crippen molar-refractivity contribution in [3.05, 3.63) is 48.5 Å². The van der Waals surface area contributed by atoms with Gasteiger partial charge < -0.3 is 20.1 Å². The average molecular weight is 330 g/mol. The van der Waals surface area contributed by atoms with Crippen LogP contribution in [-0.2, 0) is 4.79 Å². The standard InChI is InChI=1S/C17H19FN4O2/c1-21-11-13(5-7-16(21)23)20-17(24)19-12-4-6-14(18)15(10-12)22-8-2-3-9-22/h2-4,6,8-10,13H,5,7,11H2,1H3,(H2,19,20,24). The van der Waals surface area contributed by atoms with Crippen LogP contribution < -0.4 is 10.6 Å². The molecule has 2 aromatic rings. The monoisotopic (exact) mass is 330 g/mol. The van der Waals surface area contributed by atoms with Crippen LogP contribution in [0.2, 0.25) is 0 Å². The molecule has 126 valence electrons. The highest BCUT2D eigenvalue weighted by Crippen LogP contribution is 2.19. The lowest BCUT2D eigenvalue weighted by Crippen LogP contribution is -2.49. The molecule has 1 aliphatic heterocycles. The van der Waals surface area contributed by atoms with Gasteiger partial charge in [-0.15, -0.1) is 0 Å². The number of anilines is 1. The van der Waals surface area contributed by atoms with E-state index in [0.29, 0.717) is 30.8 Å². The van der Waals surface area contributed by atoms with E-state index in [9.17, 15) is 14.0 Å². The molecule has 3 amide bonds. The Morgan fingerprint density at radius 3 is 2.75 bits per heavy atom. The summed E-state index contributed by atoms with van der Waals surface area (Å²) in [6.45, 7) is 0.490. The van der Waals surface area contributed by atoms with Crippen molar-refractivity contribution in [2.75, 3.05) is 18.9 Å². The number of likely N-dealkylation sites (tertiary alicyclic amines) is 1. The summed E-state index contributed by atoms with van der Waals surface area (Å²) in [5.74, 6) is -0.284. The summed E-state index contributed by atoms with van der Waals surface area (Å²) >= 11 is 0. The number of benzene rings is 1. The summed E-state index contributed by atoms with van der Waals surface area (Å²) in [6.07, 6.45) is 4.51. The fraction of sp³-hybridized carbons (Fsp3) is 0.294. The number of rotatable bonds is 3. The second-order valence-electron chi connectivity index (χ2n) is 5.86. The molecule has 2 heterocycles. The van der Waals surface area contributed by atoms with Gasteiger partial charge in [-0.1, -0.05) is 0 Å². The molecule has 3 rings (SSSR count). The molecule has 6 nitrogen and oxygen atoms in total. The smallest absolute Gasteiger partial charge is 0.319 e. The molecule has 1 saturated heterocycles. The van der Waals surface area contributed by atoms with Gasteiger partial charge in [0.25, 0.3) is 0 Å². The Kier molecular flexibility index (Phi) is 4.50. The van der Waals surface area contributed by atoms with Crippen LogP contribution in [0.3, 0.4) is 0 Å². The first-order valence-corrected chi connectivity index (χ1v) is 7.77. The zero-order valence-electron chi connectivity index (χ0n) is 13.3. The van der Waals surface area contributed by atoms with E-state index in [1.54, 1.807) is 47.1 Å². The topological polar surface area (TPSA) is 66.4 Å². The maximum absolute atomic E-state index is 13.9. The van der Waals surface area contributed by atoms with Crippen LogP contribution in [0.1, 0.15) is 12.8 Å². The number of urea groups is 1. The Morgan fingerprint density at radius 1 is 1.29 bits per heavy atom. The van der Waals surface area contributed by atoms with Crippen molar-refractivity contribution in [3.8, 4) is 5.69 Å². The van der Waals surface area contributed by atoms with Crippen molar-refractivity contribution < 1.29 is 14.0 Å². The summed E-state index contributed by atoms with van der Waals surface area (Å²) in [5, 5.41) is 5.55. The molecule has 0 radical (unpaired) electrons. The van der Waals surface area contributed by atoms with Gasteiger partial charge in [-0.05, 0) is 36.8 Å². The lowest BCUT2D eigenvalue weighted by Gasteiger charge is -2.30. The Labute approximate surface area is 139 Å². The maximum atomic E-state index is 13.9. The first-order valence-electron chi connectivity index (χ1n) is 7.77. The van der Waals surface area contributed by atoms with Crippen molar-refractivity contribution in [1.82, 2.24) is 14.8 Å². The largest absolute Gasteiger partial charge is 0.344 e. The number of amides is 3. The number of hydrogen-bond donors (Lipinski definition) is 2. The lowest BCUT2D eigenvalue weighted by atomic mass is 10.1. The third kappa shape index (κ3) is 3.56. The number of halogens is 1. The molecule has 7 heteroatoms. The van der Waals surface area contributed by atoms with Gasteiger partial charge in [0, 0.05) is 44.1 Å². The first-order chi connectivity index (χ1) is 11.5. The van der Waals surface area contributed by atoms with Gasteiger partial charge in [0.2, 0.25) is 5.91 Å². The van der Waals surface area contributed by atoms with E-state index in [2.05, 4.69) is 10.6 Å². The lowest BCUT2D eigenvalue weighted by molar-refractivity contribution is -0.132. The van der Waals surface area contributed by atoms with Crippen LogP contribution in [0.15, 0.2) is 42.7 Å². The molecule has 1 atom stereocenters. The fourth-order valence-corrected chi connectivity index (χ4v) is 2.77. The molecule has 24 heavy (non-hydrogen) atoms. The van der Waals surface area contributed by atoms with Gasteiger partial charge >= 0.3 is 6.03 Å². The molecule has 1 unspecified atom stereocenters. The third-order valence-electron chi connectivity index (χ3n) is 4.05. The molecule has 0 aliphatic carbocycles. The van der Waals surface area contributed by atoms with E-state index >= 15 is 0 Å². The minimum atomic E-state index is -0.371. The molecule has 1 fully saturated rings. The van der Waals surface area contributed by atoms with E-state index in [1.165, 1.54) is 12.1 Å². The SMILES string of the molecule is CN1CC(NC(=O)Nc2ccc(F)c(-n3cccc3)c2)CCC1=O.